The summed E-state index contributed by atoms with van der Waals surface area (Å²) in [6.45, 7) is 22.2. The third-order valence-corrected chi connectivity index (χ3v) is 12.2. The molecule has 7 rings (SSSR count). The van der Waals surface area contributed by atoms with Gasteiger partial charge in [-0.3, -0.25) is 0 Å². The van der Waals surface area contributed by atoms with E-state index in [0.29, 0.717) is 23.7 Å². The Hall–Kier alpha value is -5.34. The van der Waals surface area contributed by atoms with Gasteiger partial charge < -0.3 is 9.80 Å². The molecule has 5 aromatic carbocycles. The fourth-order valence-corrected chi connectivity index (χ4v) is 8.99. The van der Waals surface area contributed by atoms with Crippen LogP contribution in [0.5, 0.6) is 0 Å². The van der Waals surface area contributed by atoms with Crippen molar-refractivity contribution in [1.29, 1.82) is 0 Å². The highest BCUT2D eigenvalue weighted by Crippen LogP contribution is 2.44. The third kappa shape index (κ3) is 7.52. The van der Waals surface area contributed by atoms with Gasteiger partial charge in [0.2, 0.25) is 0 Å². The van der Waals surface area contributed by atoms with Crippen LogP contribution in [0.3, 0.4) is 0 Å². The molecule has 5 atom stereocenters. The fourth-order valence-electron chi connectivity index (χ4n) is 8.99. The van der Waals surface area contributed by atoms with Crippen LogP contribution in [0.1, 0.15) is 69.7 Å². The molecule has 0 amide bonds. The van der Waals surface area contributed by atoms with Crippen molar-refractivity contribution >= 4 is 39.1 Å². The van der Waals surface area contributed by atoms with E-state index in [1.807, 2.05) is 0 Å². The Morgan fingerprint density at radius 1 is 0.800 bits per heavy atom. The second-order valence-electron chi connectivity index (χ2n) is 16.2. The molecule has 2 nitrogen and oxygen atoms in total. The number of fused-ring (bicyclic) bond motifs is 2. The van der Waals surface area contributed by atoms with Crippen LogP contribution in [0.25, 0.3) is 22.0 Å². The lowest BCUT2D eigenvalue weighted by atomic mass is 9.66. The van der Waals surface area contributed by atoms with Crippen molar-refractivity contribution in [3.05, 3.63) is 185 Å². The van der Waals surface area contributed by atoms with Crippen molar-refractivity contribution in [2.45, 2.75) is 74.3 Å². The van der Waals surface area contributed by atoms with Gasteiger partial charge in [0.15, 0.2) is 0 Å². The van der Waals surface area contributed by atoms with Crippen LogP contribution in [0.2, 0.25) is 0 Å². The Balaban J connectivity index is 1.44. The monoisotopic (exact) mass is 722 g/mol. The summed E-state index contributed by atoms with van der Waals surface area (Å²) in [5, 5.41) is 5.22. The average molecular weight is 723 g/mol. The van der Waals surface area contributed by atoms with Gasteiger partial charge in [0.25, 0.3) is 0 Å². The Labute approximate surface area is 330 Å². The predicted molar refractivity (Wildman–Crippen MR) is 239 cm³/mol. The molecule has 5 aromatic rings. The van der Waals surface area contributed by atoms with Crippen molar-refractivity contribution < 1.29 is 0 Å². The molecule has 2 aliphatic carbocycles. The van der Waals surface area contributed by atoms with Crippen LogP contribution in [0.15, 0.2) is 152 Å². The van der Waals surface area contributed by atoms with Crippen LogP contribution in [-0.2, 0) is 0 Å². The summed E-state index contributed by atoms with van der Waals surface area (Å²) >= 11 is 0. The van der Waals surface area contributed by atoms with Crippen molar-refractivity contribution in [3.8, 4) is 0 Å². The maximum Gasteiger partial charge on any atom is 0.0563 e. The molecule has 0 saturated heterocycles. The standard InChI is InChI=1S/C53H58N2/c1-10-35(3)20-25-41(9)55(44-28-23-37(5)24-29-44)53-40(8)34-51(47-17-13-15-19-49(47)53)50-33-39(7)52(48-18-14-12-16-46(48)50)54(43-26-21-36(4)22-27-43)31-30-42-32-38(6)45(42)11-2/h10-31,33,38,40-42,45H,2,32,34H2,1,3-9H3/b25-20-,31-30+,35-10-/t38?,40?,41?,42?,45-/m0/s1. The summed E-state index contributed by atoms with van der Waals surface area (Å²) in [7, 11) is 0. The quantitative estimate of drug-likeness (QED) is 0.0989. The molecule has 55 heavy (non-hydrogen) atoms. The number of hydrogen-bond acceptors (Lipinski definition) is 2. The number of rotatable bonds is 11. The van der Waals surface area contributed by atoms with Gasteiger partial charge in [-0.25, -0.2) is 0 Å². The highest BCUT2D eigenvalue weighted by atomic mass is 15.2. The van der Waals surface area contributed by atoms with E-state index in [1.165, 1.54) is 83.8 Å². The van der Waals surface area contributed by atoms with Gasteiger partial charge in [-0.1, -0.05) is 134 Å². The molecule has 0 heterocycles. The highest BCUT2D eigenvalue weighted by Gasteiger charge is 2.34. The fraction of sp³-hybridized carbons (Fsp3) is 0.283. The first-order chi connectivity index (χ1) is 26.6. The Kier molecular flexibility index (Phi) is 11.2. The highest BCUT2D eigenvalue weighted by molar-refractivity contribution is 6.04. The normalized spacial score (nSPS) is 20.5. The molecule has 0 spiro atoms. The summed E-state index contributed by atoms with van der Waals surface area (Å²) < 4.78 is 0. The number of hydrogen-bond donors (Lipinski definition) is 0. The number of nitrogens with zero attached hydrogens (tertiary/aromatic N) is 2. The van der Waals surface area contributed by atoms with Crippen LogP contribution >= 0.6 is 0 Å². The van der Waals surface area contributed by atoms with Crippen molar-refractivity contribution in [3.63, 3.8) is 0 Å². The topological polar surface area (TPSA) is 6.48 Å². The molecular weight excluding hydrogens is 665 g/mol. The van der Waals surface area contributed by atoms with Gasteiger partial charge in [0, 0.05) is 45.8 Å². The lowest BCUT2D eigenvalue weighted by Crippen LogP contribution is -2.44. The van der Waals surface area contributed by atoms with E-state index in [9.17, 15) is 0 Å². The molecule has 2 aliphatic rings. The zero-order valence-corrected chi connectivity index (χ0v) is 34.2. The average Bonchev–Trinajstić information content (AvgIpc) is 3.19. The Morgan fingerprint density at radius 3 is 2.05 bits per heavy atom. The first kappa shape index (κ1) is 38.0. The van der Waals surface area contributed by atoms with E-state index in [0.717, 1.165) is 6.42 Å². The third-order valence-electron chi connectivity index (χ3n) is 12.2. The first-order valence-electron chi connectivity index (χ1n) is 20.3. The van der Waals surface area contributed by atoms with E-state index >= 15 is 0 Å². The molecule has 4 unspecified atom stereocenters. The summed E-state index contributed by atoms with van der Waals surface area (Å²) in [5.41, 5.74) is 12.9. The summed E-state index contributed by atoms with van der Waals surface area (Å²) in [4.78, 5) is 5.01. The second kappa shape index (κ2) is 16.2. The number of benzene rings is 5. The minimum atomic E-state index is 0.165. The number of aryl methyl sites for hydroxylation is 3. The van der Waals surface area contributed by atoms with Gasteiger partial charge in [-0.15, -0.1) is 6.58 Å². The van der Waals surface area contributed by atoms with Crippen LogP contribution in [0.4, 0.5) is 17.1 Å². The van der Waals surface area contributed by atoms with Crippen molar-refractivity contribution in [2.75, 3.05) is 9.80 Å². The molecule has 0 aromatic heterocycles. The molecule has 1 saturated carbocycles. The lowest BCUT2D eigenvalue weighted by Gasteiger charge is -2.40. The SMILES string of the molecule is C=C[C@H]1C(C)CC1/C=C/N(c1ccc(C)cc1)c1c(C)cc(C2=c3ccccc3=C(N(c3ccc(C)cc3)C(C)/C=C\C(C)=C/C)C(C)C2)c2ccccc12. The molecule has 1 fully saturated rings. The minimum absolute atomic E-state index is 0.165. The van der Waals surface area contributed by atoms with Gasteiger partial charge in [0.05, 0.1) is 5.69 Å². The lowest BCUT2D eigenvalue weighted by molar-refractivity contribution is 0.174. The largest absolute Gasteiger partial charge is 0.338 e. The summed E-state index contributed by atoms with van der Waals surface area (Å²) in [6.07, 6.45) is 15.9. The summed E-state index contributed by atoms with van der Waals surface area (Å²) in [5.74, 6) is 2.01. The van der Waals surface area contributed by atoms with Gasteiger partial charge in [-0.05, 0) is 130 Å². The maximum absolute atomic E-state index is 4.17. The first-order valence-corrected chi connectivity index (χ1v) is 20.3. The van der Waals surface area contributed by atoms with Crippen LogP contribution < -0.4 is 20.2 Å². The van der Waals surface area contributed by atoms with Gasteiger partial charge in [-0.2, -0.15) is 0 Å². The van der Waals surface area contributed by atoms with Gasteiger partial charge >= 0.3 is 0 Å². The Bertz CT molecular complexity index is 2410. The molecule has 2 heteroatoms. The zero-order chi connectivity index (χ0) is 38.8. The van der Waals surface area contributed by atoms with E-state index in [-0.39, 0.29) is 6.04 Å². The molecule has 280 valence electrons. The van der Waals surface area contributed by atoms with Crippen molar-refractivity contribution in [1.82, 2.24) is 0 Å². The minimum Gasteiger partial charge on any atom is -0.338 e. The smallest absolute Gasteiger partial charge is 0.0563 e. The van der Waals surface area contributed by atoms with E-state index < -0.39 is 0 Å². The zero-order valence-electron chi connectivity index (χ0n) is 34.2. The Morgan fingerprint density at radius 2 is 1.42 bits per heavy atom. The van der Waals surface area contributed by atoms with Crippen molar-refractivity contribution in [2.24, 2.45) is 23.7 Å². The number of allylic oxidation sites excluding steroid dienone is 5. The molecule has 0 radical (unpaired) electrons. The molecular formula is C53H58N2. The van der Waals surface area contributed by atoms with Crippen LogP contribution in [0, 0.1) is 44.4 Å². The summed E-state index contributed by atoms with van der Waals surface area (Å²) in [6, 6.07) is 38.9. The predicted octanol–water partition coefficient (Wildman–Crippen LogP) is 12.6. The van der Waals surface area contributed by atoms with E-state index in [2.05, 4.69) is 211 Å². The van der Waals surface area contributed by atoms with Gasteiger partial charge in [0.1, 0.15) is 0 Å². The number of anilines is 3. The van der Waals surface area contributed by atoms with E-state index in [1.54, 1.807) is 0 Å². The molecule has 0 aliphatic heterocycles. The maximum atomic E-state index is 4.17. The van der Waals surface area contributed by atoms with Crippen LogP contribution in [-0.4, -0.2) is 6.04 Å². The van der Waals surface area contributed by atoms with E-state index in [4.69, 9.17) is 0 Å². The second-order valence-corrected chi connectivity index (χ2v) is 16.2. The molecule has 0 bridgehead atoms. The molecule has 0 N–H and O–H groups in total.